The SMILES string of the molecule is CC(C)CNC(=O)[C@H](c1ccccc1)N(Cc1ccccc1)C(=O)CCc1ccccc1. The van der Waals surface area contributed by atoms with Crippen LogP contribution in [-0.2, 0) is 22.6 Å². The molecule has 0 saturated heterocycles. The van der Waals surface area contributed by atoms with E-state index in [0.29, 0.717) is 31.8 Å². The smallest absolute Gasteiger partial charge is 0.247 e. The summed E-state index contributed by atoms with van der Waals surface area (Å²) in [5.41, 5.74) is 2.93. The van der Waals surface area contributed by atoms with Crippen LogP contribution < -0.4 is 5.32 Å². The van der Waals surface area contributed by atoms with Gasteiger partial charge in [0, 0.05) is 19.5 Å². The Kier molecular flexibility index (Phi) is 8.61. The summed E-state index contributed by atoms with van der Waals surface area (Å²) in [6.07, 6.45) is 0.984. The first-order valence-corrected chi connectivity index (χ1v) is 11.2. The second kappa shape index (κ2) is 11.8. The Morgan fingerprint density at radius 2 is 1.31 bits per heavy atom. The average Bonchev–Trinajstić information content (AvgIpc) is 2.83. The Labute approximate surface area is 191 Å². The molecule has 1 atom stereocenters. The van der Waals surface area contributed by atoms with Gasteiger partial charge in [0.05, 0.1) is 0 Å². The molecule has 0 spiro atoms. The van der Waals surface area contributed by atoms with Crippen LogP contribution in [0, 0.1) is 5.92 Å². The van der Waals surface area contributed by atoms with Crippen LogP contribution in [0.5, 0.6) is 0 Å². The van der Waals surface area contributed by atoms with Crippen molar-refractivity contribution in [3.8, 4) is 0 Å². The van der Waals surface area contributed by atoms with Crippen LogP contribution in [0.2, 0.25) is 0 Å². The highest BCUT2D eigenvalue weighted by atomic mass is 16.2. The van der Waals surface area contributed by atoms with Crippen molar-refractivity contribution in [3.63, 3.8) is 0 Å². The predicted octanol–water partition coefficient (Wildman–Crippen LogP) is 5.16. The Morgan fingerprint density at radius 1 is 0.781 bits per heavy atom. The van der Waals surface area contributed by atoms with Crippen molar-refractivity contribution in [2.24, 2.45) is 5.92 Å². The quantitative estimate of drug-likeness (QED) is 0.485. The van der Waals surface area contributed by atoms with Gasteiger partial charge in [-0.15, -0.1) is 0 Å². The number of rotatable bonds is 10. The number of benzene rings is 3. The summed E-state index contributed by atoms with van der Waals surface area (Å²) in [4.78, 5) is 28.6. The highest BCUT2D eigenvalue weighted by Gasteiger charge is 2.31. The lowest BCUT2D eigenvalue weighted by Crippen LogP contribution is -2.44. The molecule has 0 aliphatic rings. The number of nitrogens with zero attached hydrogens (tertiary/aromatic N) is 1. The van der Waals surface area contributed by atoms with Crippen LogP contribution in [-0.4, -0.2) is 23.3 Å². The maximum absolute atomic E-state index is 13.5. The van der Waals surface area contributed by atoms with Gasteiger partial charge in [-0.3, -0.25) is 9.59 Å². The van der Waals surface area contributed by atoms with Crippen molar-refractivity contribution in [1.29, 1.82) is 0 Å². The summed E-state index contributed by atoms with van der Waals surface area (Å²) in [6.45, 7) is 5.07. The molecule has 3 aromatic rings. The predicted molar refractivity (Wildman–Crippen MR) is 129 cm³/mol. The van der Waals surface area contributed by atoms with Crippen LogP contribution in [0.25, 0.3) is 0 Å². The summed E-state index contributed by atoms with van der Waals surface area (Å²) in [5.74, 6) is 0.145. The molecule has 4 heteroatoms. The third-order valence-corrected chi connectivity index (χ3v) is 5.35. The van der Waals surface area contributed by atoms with E-state index in [0.717, 1.165) is 16.7 Å². The number of hydrogen-bond acceptors (Lipinski definition) is 2. The van der Waals surface area contributed by atoms with E-state index >= 15 is 0 Å². The molecule has 0 aliphatic carbocycles. The van der Waals surface area contributed by atoms with Gasteiger partial charge in [-0.05, 0) is 29.0 Å². The summed E-state index contributed by atoms with van der Waals surface area (Å²) >= 11 is 0. The molecular weight excluding hydrogens is 396 g/mol. The Morgan fingerprint density at radius 3 is 1.88 bits per heavy atom. The van der Waals surface area contributed by atoms with Gasteiger partial charge in [-0.1, -0.05) is 105 Å². The number of carbonyl (C=O) groups is 2. The lowest BCUT2D eigenvalue weighted by molar-refractivity contribution is -0.141. The number of aryl methyl sites for hydroxylation is 1. The maximum atomic E-state index is 13.5. The third-order valence-electron chi connectivity index (χ3n) is 5.35. The molecule has 0 unspecified atom stereocenters. The number of nitrogens with one attached hydrogen (secondary N) is 1. The maximum Gasteiger partial charge on any atom is 0.247 e. The van der Waals surface area contributed by atoms with E-state index < -0.39 is 6.04 Å². The fourth-order valence-electron chi connectivity index (χ4n) is 3.65. The molecule has 3 aromatic carbocycles. The fourth-order valence-corrected chi connectivity index (χ4v) is 3.65. The zero-order valence-electron chi connectivity index (χ0n) is 18.9. The molecule has 0 bridgehead atoms. The normalized spacial score (nSPS) is 11.7. The molecular formula is C28H32N2O2. The molecule has 0 heterocycles. The van der Waals surface area contributed by atoms with E-state index in [1.807, 2.05) is 91.0 Å². The van der Waals surface area contributed by atoms with Gasteiger partial charge in [0.15, 0.2) is 0 Å². The van der Waals surface area contributed by atoms with Gasteiger partial charge >= 0.3 is 0 Å². The monoisotopic (exact) mass is 428 g/mol. The molecule has 2 amide bonds. The molecule has 0 fully saturated rings. The van der Waals surface area contributed by atoms with Crippen molar-refractivity contribution in [1.82, 2.24) is 10.2 Å². The molecule has 0 aromatic heterocycles. The van der Waals surface area contributed by atoms with E-state index in [4.69, 9.17) is 0 Å². The van der Waals surface area contributed by atoms with E-state index in [-0.39, 0.29) is 11.8 Å². The first kappa shape index (κ1) is 23.3. The minimum Gasteiger partial charge on any atom is -0.354 e. The first-order valence-electron chi connectivity index (χ1n) is 11.2. The molecule has 4 nitrogen and oxygen atoms in total. The van der Waals surface area contributed by atoms with Crippen LogP contribution >= 0.6 is 0 Å². The van der Waals surface area contributed by atoms with Crippen molar-refractivity contribution >= 4 is 11.8 Å². The summed E-state index contributed by atoms with van der Waals surface area (Å²) < 4.78 is 0. The zero-order chi connectivity index (χ0) is 22.8. The minimum absolute atomic E-state index is 0.0359. The third kappa shape index (κ3) is 6.81. The highest BCUT2D eigenvalue weighted by molar-refractivity contribution is 5.88. The van der Waals surface area contributed by atoms with Gasteiger partial charge in [0.1, 0.15) is 6.04 Å². The average molecular weight is 429 g/mol. The second-order valence-electron chi connectivity index (χ2n) is 8.45. The summed E-state index contributed by atoms with van der Waals surface area (Å²) in [6, 6.07) is 28.7. The molecule has 0 aliphatic heterocycles. The number of hydrogen-bond donors (Lipinski definition) is 1. The van der Waals surface area contributed by atoms with Crippen molar-refractivity contribution in [2.75, 3.05) is 6.54 Å². The zero-order valence-corrected chi connectivity index (χ0v) is 18.9. The van der Waals surface area contributed by atoms with E-state index in [9.17, 15) is 9.59 Å². The van der Waals surface area contributed by atoms with Gasteiger partial charge in [0.2, 0.25) is 11.8 Å². The molecule has 32 heavy (non-hydrogen) atoms. The topological polar surface area (TPSA) is 49.4 Å². The first-order chi connectivity index (χ1) is 15.5. The van der Waals surface area contributed by atoms with Crippen LogP contribution in [0.15, 0.2) is 91.0 Å². The molecule has 1 N–H and O–H groups in total. The largest absolute Gasteiger partial charge is 0.354 e. The molecule has 0 radical (unpaired) electrons. The van der Waals surface area contributed by atoms with Crippen LogP contribution in [0.4, 0.5) is 0 Å². The van der Waals surface area contributed by atoms with Crippen molar-refractivity contribution < 1.29 is 9.59 Å². The van der Waals surface area contributed by atoms with E-state index in [2.05, 4.69) is 19.2 Å². The fraction of sp³-hybridized carbons (Fsp3) is 0.286. The van der Waals surface area contributed by atoms with Crippen LogP contribution in [0.3, 0.4) is 0 Å². The van der Waals surface area contributed by atoms with E-state index in [1.165, 1.54) is 0 Å². The van der Waals surface area contributed by atoms with Gasteiger partial charge in [-0.2, -0.15) is 0 Å². The Balaban J connectivity index is 1.90. The number of carbonyl (C=O) groups excluding carboxylic acids is 2. The van der Waals surface area contributed by atoms with E-state index in [1.54, 1.807) is 4.90 Å². The Hall–Kier alpha value is -3.40. The lowest BCUT2D eigenvalue weighted by Gasteiger charge is -2.32. The number of amides is 2. The summed E-state index contributed by atoms with van der Waals surface area (Å²) in [5, 5.41) is 3.04. The van der Waals surface area contributed by atoms with Crippen molar-refractivity contribution in [3.05, 3.63) is 108 Å². The van der Waals surface area contributed by atoms with Gasteiger partial charge < -0.3 is 10.2 Å². The van der Waals surface area contributed by atoms with Gasteiger partial charge in [-0.25, -0.2) is 0 Å². The summed E-state index contributed by atoms with van der Waals surface area (Å²) in [7, 11) is 0. The molecule has 166 valence electrons. The molecule has 3 rings (SSSR count). The van der Waals surface area contributed by atoms with Crippen molar-refractivity contribution in [2.45, 2.75) is 39.3 Å². The second-order valence-corrected chi connectivity index (χ2v) is 8.45. The molecule has 0 saturated carbocycles. The standard InChI is InChI=1S/C28H32N2O2/c1-22(2)20-29-28(32)27(25-16-10-5-11-17-25)30(21-24-14-8-4-9-15-24)26(31)19-18-23-12-6-3-7-13-23/h3-17,22,27H,18-21H2,1-2H3,(H,29,32)/t27-/m0/s1. The minimum atomic E-state index is -0.682. The highest BCUT2D eigenvalue weighted by Crippen LogP contribution is 2.25. The Bertz CT molecular complexity index is 972. The van der Waals surface area contributed by atoms with Crippen LogP contribution in [0.1, 0.15) is 43.0 Å². The lowest BCUT2D eigenvalue weighted by atomic mass is 10.0. The van der Waals surface area contributed by atoms with Gasteiger partial charge in [0.25, 0.3) is 0 Å².